The molecule has 0 saturated carbocycles. The number of aromatic carboxylic acids is 1. The minimum absolute atomic E-state index is 0.0809. The van der Waals surface area contributed by atoms with Crippen molar-refractivity contribution in [3.63, 3.8) is 0 Å². The molecule has 0 fully saturated rings. The lowest BCUT2D eigenvalue weighted by Crippen LogP contribution is -2.21. The number of fused-ring (bicyclic) bond motifs is 3. The number of hydrogen-bond donors (Lipinski definition) is 1. The van der Waals surface area contributed by atoms with E-state index in [0.29, 0.717) is 22.6 Å². The maximum atomic E-state index is 12.6. The highest BCUT2D eigenvalue weighted by Crippen LogP contribution is 2.49. The number of hydrogen-bond acceptors (Lipinski definition) is 5. The fourth-order valence-corrected chi connectivity index (χ4v) is 3.46. The summed E-state index contributed by atoms with van der Waals surface area (Å²) in [5.41, 5.74) is 2.76. The van der Waals surface area contributed by atoms with Crippen LogP contribution in [-0.4, -0.2) is 22.8 Å². The highest BCUT2D eigenvalue weighted by molar-refractivity contribution is 6.13. The first-order valence-electron chi connectivity index (χ1n) is 8.47. The van der Waals surface area contributed by atoms with Crippen molar-refractivity contribution in [3.05, 3.63) is 70.0 Å². The van der Waals surface area contributed by atoms with Crippen molar-refractivity contribution in [1.82, 2.24) is 0 Å². The van der Waals surface area contributed by atoms with E-state index in [0.717, 1.165) is 11.1 Å². The molecule has 2 aliphatic rings. The predicted molar refractivity (Wildman–Crippen MR) is 95.3 cm³/mol. The monoisotopic (exact) mass is 364 g/mol. The van der Waals surface area contributed by atoms with Gasteiger partial charge in [-0.3, -0.25) is 9.59 Å². The molecule has 136 valence electrons. The van der Waals surface area contributed by atoms with Crippen molar-refractivity contribution in [2.75, 3.05) is 0 Å². The van der Waals surface area contributed by atoms with Crippen LogP contribution in [0.2, 0.25) is 0 Å². The highest BCUT2D eigenvalue weighted by Gasteiger charge is 2.38. The molecule has 0 spiro atoms. The first-order valence-corrected chi connectivity index (χ1v) is 8.47. The van der Waals surface area contributed by atoms with Crippen LogP contribution >= 0.6 is 0 Å². The van der Waals surface area contributed by atoms with Crippen LogP contribution in [0.4, 0.5) is 0 Å². The van der Waals surface area contributed by atoms with Crippen LogP contribution in [0.5, 0.6) is 11.5 Å². The topological polar surface area (TPSA) is 89.9 Å². The van der Waals surface area contributed by atoms with E-state index in [9.17, 15) is 14.4 Å². The van der Waals surface area contributed by atoms with Gasteiger partial charge in [0.2, 0.25) is 5.78 Å². The van der Waals surface area contributed by atoms with Gasteiger partial charge in [0.25, 0.3) is 0 Å². The third kappa shape index (κ3) is 2.70. The fraction of sp³-hybridized carbons (Fsp3) is 0.190. The Kier molecular flexibility index (Phi) is 3.84. The van der Waals surface area contributed by atoms with Gasteiger partial charge in [-0.05, 0) is 49.2 Å². The molecule has 2 heterocycles. The second-order valence-corrected chi connectivity index (χ2v) is 6.77. The zero-order valence-electron chi connectivity index (χ0n) is 14.7. The Balaban J connectivity index is 1.87. The molecule has 0 unspecified atom stereocenters. The Labute approximate surface area is 155 Å². The zero-order chi connectivity index (χ0) is 19.3. The summed E-state index contributed by atoms with van der Waals surface area (Å²) < 4.78 is 11.2. The van der Waals surface area contributed by atoms with Crippen LogP contribution in [-0.2, 0) is 4.79 Å². The predicted octanol–water partition coefficient (Wildman–Crippen LogP) is 3.69. The molecule has 0 bridgehead atoms. The number of carboxylic acids is 1. The van der Waals surface area contributed by atoms with Crippen LogP contribution in [0.25, 0.3) is 0 Å². The Morgan fingerprint density at radius 3 is 2.37 bits per heavy atom. The van der Waals surface area contributed by atoms with E-state index in [-0.39, 0.29) is 35.4 Å². The lowest BCUT2D eigenvalue weighted by Gasteiger charge is -2.26. The molecule has 0 aliphatic carbocycles. The van der Waals surface area contributed by atoms with Gasteiger partial charge in [0, 0.05) is 11.5 Å². The van der Waals surface area contributed by atoms with E-state index < -0.39 is 5.97 Å². The first kappa shape index (κ1) is 17.0. The average Bonchev–Trinajstić information content (AvgIpc) is 2.98. The largest absolute Gasteiger partial charge is 0.478 e. The van der Waals surface area contributed by atoms with Crippen LogP contribution in [0, 0.1) is 0 Å². The van der Waals surface area contributed by atoms with Crippen molar-refractivity contribution >= 4 is 17.7 Å². The molecule has 6 heteroatoms. The molecule has 2 aliphatic heterocycles. The van der Waals surface area contributed by atoms with Gasteiger partial charge in [0.1, 0.15) is 11.5 Å². The molecule has 1 atom stereocenters. The Bertz CT molecular complexity index is 1030. The summed E-state index contributed by atoms with van der Waals surface area (Å²) in [7, 11) is 0. The summed E-state index contributed by atoms with van der Waals surface area (Å²) in [6, 6.07) is 9.56. The van der Waals surface area contributed by atoms with E-state index in [2.05, 4.69) is 0 Å². The van der Waals surface area contributed by atoms with Crippen LogP contribution in [0.15, 0.2) is 47.7 Å². The number of allylic oxidation sites excluding steroid dienone is 2. The Hall–Kier alpha value is -3.41. The van der Waals surface area contributed by atoms with Gasteiger partial charge < -0.3 is 14.6 Å². The lowest BCUT2D eigenvalue weighted by atomic mass is 9.84. The number of ether oxygens (including phenoxy) is 2. The maximum Gasteiger partial charge on any atom is 0.335 e. The van der Waals surface area contributed by atoms with Gasteiger partial charge in [-0.15, -0.1) is 0 Å². The highest BCUT2D eigenvalue weighted by atomic mass is 16.5. The van der Waals surface area contributed by atoms with Crippen molar-refractivity contribution < 1.29 is 29.0 Å². The Morgan fingerprint density at radius 1 is 1.04 bits per heavy atom. The summed E-state index contributed by atoms with van der Waals surface area (Å²) in [5, 5.41) is 9.09. The van der Waals surface area contributed by atoms with E-state index in [4.69, 9.17) is 14.6 Å². The molecular formula is C21H16O6. The van der Waals surface area contributed by atoms with Crippen molar-refractivity contribution in [3.8, 4) is 11.5 Å². The lowest BCUT2D eigenvalue weighted by molar-refractivity contribution is -0.135. The van der Waals surface area contributed by atoms with Crippen molar-refractivity contribution in [1.29, 1.82) is 0 Å². The molecule has 1 N–H and O–H groups in total. The molecule has 2 aromatic carbocycles. The smallest absolute Gasteiger partial charge is 0.335 e. The number of esters is 1. The summed E-state index contributed by atoms with van der Waals surface area (Å²) in [5.74, 6) is -0.925. The maximum absolute atomic E-state index is 12.6. The Morgan fingerprint density at radius 2 is 1.74 bits per heavy atom. The normalized spacial score (nSPS) is 17.7. The third-order valence-corrected chi connectivity index (χ3v) is 4.77. The van der Waals surface area contributed by atoms with Crippen molar-refractivity contribution in [2.24, 2.45) is 0 Å². The third-order valence-electron chi connectivity index (χ3n) is 4.77. The average molecular weight is 364 g/mol. The number of carbonyl (C=O) groups excluding carboxylic acids is 2. The van der Waals surface area contributed by atoms with Crippen LogP contribution in [0.3, 0.4) is 0 Å². The van der Waals surface area contributed by atoms with Gasteiger partial charge in [-0.2, -0.15) is 0 Å². The van der Waals surface area contributed by atoms with Gasteiger partial charge in [-0.25, -0.2) is 4.79 Å². The fourth-order valence-electron chi connectivity index (χ4n) is 3.46. The van der Waals surface area contributed by atoms with E-state index in [1.54, 1.807) is 38.1 Å². The van der Waals surface area contributed by atoms with Crippen molar-refractivity contribution in [2.45, 2.75) is 26.2 Å². The number of benzene rings is 2. The van der Waals surface area contributed by atoms with Gasteiger partial charge in [0.05, 0.1) is 17.5 Å². The molecular weight excluding hydrogens is 348 g/mol. The summed E-state index contributed by atoms with van der Waals surface area (Å²) in [6.07, 6.45) is 0.0809. The number of carbonyl (C=O) groups is 3. The quantitative estimate of drug-likeness (QED) is 0.496. The summed E-state index contributed by atoms with van der Waals surface area (Å²) >= 11 is 0. The zero-order valence-corrected chi connectivity index (χ0v) is 14.7. The molecule has 0 radical (unpaired) electrons. The molecule has 0 saturated heterocycles. The molecule has 27 heavy (non-hydrogen) atoms. The molecule has 2 aromatic rings. The standard InChI is InChI=1S/C21H16O6/c1-10(2)19-18(23)13-7-8-15-17(20(13)27-19)14(9-16(22)26-15)11-3-5-12(6-4-11)21(24)25/h3-8,14H,9H2,1-2H3,(H,24,25)/t14-/m0/s1. The molecule has 0 aromatic heterocycles. The molecule has 6 nitrogen and oxygen atoms in total. The first-order chi connectivity index (χ1) is 12.9. The number of ketones is 1. The van der Waals surface area contributed by atoms with E-state index in [1.165, 1.54) is 12.1 Å². The van der Waals surface area contributed by atoms with E-state index in [1.807, 2.05) is 0 Å². The number of carboxylic acid groups (broad SMARTS) is 1. The summed E-state index contributed by atoms with van der Waals surface area (Å²) in [4.78, 5) is 35.8. The minimum Gasteiger partial charge on any atom is -0.478 e. The molecule has 4 rings (SSSR count). The second kappa shape index (κ2) is 6.09. The summed E-state index contributed by atoms with van der Waals surface area (Å²) in [6.45, 7) is 3.60. The minimum atomic E-state index is -1.02. The van der Waals surface area contributed by atoms with Gasteiger partial charge >= 0.3 is 11.9 Å². The van der Waals surface area contributed by atoms with Gasteiger partial charge in [0.15, 0.2) is 5.76 Å². The number of Topliss-reactive ketones (excluding diaryl/α,β-unsaturated/α-hetero) is 1. The van der Waals surface area contributed by atoms with E-state index >= 15 is 0 Å². The van der Waals surface area contributed by atoms with Crippen LogP contribution in [0.1, 0.15) is 58.0 Å². The number of rotatable bonds is 2. The second-order valence-electron chi connectivity index (χ2n) is 6.77. The van der Waals surface area contributed by atoms with Gasteiger partial charge in [-0.1, -0.05) is 12.1 Å². The molecule has 0 amide bonds. The SMILES string of the molecule is CC(C)=C1Oc2c(ccc3c2[C@H](c2ccc(C(=O)O)cc2)CC(=O)O3)C1=O. The van der Waals surface area contributed by atoms with Crippen LogP contribution < -0.4 is 9.47 Å².